The van der Waals surface area contributed by atoms with Crippen LogP contribution in [0.2, 0.25) is 5.02 Å². The minimum atomic E-state index is -3.81. The molecule has 0 aliphatic heterocycles. The molecule has 0 amide bonds. The monoisotopic (exact) mass is 396 g/mol. The molecule has 8 nitrogen and oxygen atoms in total. The van der Waals surface area contributed by atoms with Crippen molar-refractivity contribution < 1.29 is 17.5 Å². The topological polar surface area (TPSA) is 111 Å². The Morgan fingerprint density at radius 1 is 1.19 bits per heavy atom. The van der Waals surface area contributed by atoms with Gasteiger partial charge in [0.05, 0.1) is 17.6 Å². The zero-order chi connectivity index (χ0) is 18.9. The van der Waals surface area contributed by atoms with Crippen LogP contribution < -0.4 is 4.72 Å². The fraction of sp³-hybridized carbons (Fsp3) is 0.312. The maximum Gasteiger partial charge on any atom is 0.257 e. The van der Waals surface area contributed by atoms with E-state index in [2.05, 4.69) is 20.0 Å². The van der Waals surface area contributed by atoms with E-state index in [9.17, 15) is 8.42 Å². The van der Waals surface area contributed by atoms with Gasteiger partial charge in [-0.25, -0.2) is 13.1 Å². The highest BCUT2D eigenvalue weighted by molar-refractivity contribution is 7.89. The highest BCUT2D eigenvalue weighted by Gasteiger charge is 2.25. The summed E-state index contributed by atoms with van der Waals surface area (Å²) in [6.45, 7) is 5.24. The lowest BCUT2D eigenvalue weighted by Gasteiger charge is -2.20. The number of benzene rings is 1. The van der Waals surface area contributed by atoms with Crippen LogP contribution in [-0.4, -0.2) is 29.3 Å². The molecule has 0 spiro atoms. The van der Waals surface area contributed by atoms with E-state index in [4.69, 9.17) is 20.6 Å². The summed E-state index contributed by atoms with van der Waals surface area (Å²) in [5.41, 5.74) is -0.201. The van der Waals surface area contributed by atoms with Crippen molar-refractivity contribution in [2.24, 2.45) is 0 Å². The maximum absolute atomic E-state index is 12.6. The van der Waals surface area contributed by atoms with E-state index in [1.807, 2.05) is 0 Å². The van der Waals surface area contributed by atoms with Crippen molar-refractivity contribution in [3.05, 3.63) is 47.1 Å². The Kier molecular flexibility index (Phi) is 4.87. The fourth-order valence-corrected chi connectivity index (χ4v) is 4.18. The largest absolute Gasteiger partial charge is 0.361 e. The SMILES string of the molecule is CC(C)(C)NS(=O)(=O)c1cc(-c2nc(Cc3ccno3)no2)ccc1Cl. The molecule has 2 aromatic heterocycles. The molecule has 0 atom stereocenters. The predicted molar refractivity (Wildman–Crippen MR) is 94.1 cm³/mol. The van der Waals surface area contributed by atoms with Crippen LogP contribution in [0.4, 0.5) is 0 Å². The van der Waals surface area contributed by atoms with Gasteiger partial charge >= 0.3 is 0 Å². The minimum Gasteiger partial charge on any atom is -0.361 e. The molecule has 0 saturated heterocycles. The molecule has 0 unspecified atom stereocenters. The molecule has 1 N–H and O–H groups in total. The first-order valence-electron chi connectivity index (χ1n) is 7.70. The van der Waals surface area contributed by atoms with Crippen molar-refractivity contribution >= 4 is 21.6 Å². The summed E-state index contributed by atoms with van der Waals surface area (Å²) < 4.78 is 38.0. The number of rotatable bonds is 5. The molecule has 0 bridgehead atoms. The van der Waals surface area contributed by atoms with Crippen molar-refractivity contribution in [3.8, 4) is 11.5 Å². The molecule has 0 aliphatic rings. The van der Waals surface area contributed by atoms with Gasteiger partial charge in [0, 0.05) is 17.2 Å². The standard InChI is InChI=1S/C16H17ClN4O4S/c1-16(2,3)21-26(22,23)13-8-10(4-5-12(13)17)15-19-14(20-25-15)9-11-6-7-18-24-11/h4-8,21H,9H2,1-3H3. The molecule has 0 radical (unpaired) electrons. The van der Waals surface area contributed by atoms with Crippen LogP contribution in [0, 0.1) is 0 Å². The zero-order valence-electron chi connectivity index (χ0n) is 14.4. The number of halogens is 1. The lowest BCUT2D eigenvalue weighted by Crippen LogP contribution is -2.40. The lowest BCUT2D eigenvalue weighted by atomic mass is 10.1. The molecule has 0 saturated carbocycles. The van der Waals surface area contributed by atoms with E-state index in [1.54, 1.807) is 32.9 Å². The summed E-state index contributed by atoms with van der Waals surface area (Å²) in [6.07, 6.45) is 1.84. The van der Waals surface area contributed by atoms with Crippen molar-refractivity contribution in [3.63, 3.8) is 0 Å². The van der Waals surface area contributed by atoms with Gasteiger partial charge in [0.15, 0.2) is 5.82 Å². The summed E-state index contributed by atoms with van der Waals surface area (Å²) in [5.74, 6) is 1.17. The van der Waals surface area contributed by atoms with E-state index < -0.39 is 15.6 Å². The molecular weight excluding hydrogens is 380 g/mol. The molecule has 2 heterocycles. The Morgan fingerprint density at radius 3 is 2.62 bits per heavy atom. The summed E-state index contributed by atoms with van der Waals surface area (Å²) in [5, 5.41) is 7.58. The second kappa shape index (κ2) is 6.82. The molecule has 0 aliphatic carbocycles. The molecule has 10 heteroatoms. The Morgan fingerprint density at radius 2 is 1.96 bits per heavy atom. The molecule has 1 aromatic carbocycles. The van der Waals surface area contributed by atoms with Crippen LogP contribution in [0.25, 0.3) is 11.5 Å². The molecule has 3 rings (SSSR count). The van der Waals surface area contributed by atoms with E-state index in [1.165, 1.54) is 18.3 Å². The van der Waals surface area contributed by atoms with Crippen molar-refractivity contribution in [1.29, 1.82) is 0 Å². The van der Waals surface area contributed by atoms with Gasteiger partial charge in [0.2, 0.25) is 10.0 Å². The van der Waals surface area contributed by atoms with Gasteiger partial charge in [-0.3, -0.25) is 0 Å². The minimum absolute atomic E-state index is 0.0541. The number of hydrogen-bond donors (Lipinski definition) is 1. The first kappa shape index (κ1) is 18.6. The number of hydrogen-bond acceptors (Lipinski definition) is 7. The quantitative estimate of drug-likeness (QED) is 0.705. The number of nitrogens with one attached hydrogen (secondary N) is 1. The van der Waals surface area contributed by atoms with Gasteiger partial charge in [-0.05, 0) is 39.0 Å². The van der Waals surface area contributed by atoms with Gasteiger partial charge in [0.25, 0.3) is 5.89 Å². The molecule has 26 heavy (non-hydrogen) atoms. The van der Waals surface area contributed by atoms with Crippen LogP contribution >= 0.6 is 11.6 Å². The summed E-state index contributed by atoms with van der Waals surface area (Å²) in [4.78, 5) is 4.20. The summed E-state index contributed by atoms with van der Waals surface area (Å²) >= 11 is 6.09. The average molecular weight is 397 g/mol. The smallest absolute Gasteiger partial charge is 0.257 e. The normalized spacial score (nSPS) is 12.5. The van der Waals surface area contributed by atoms with Gasteiger partial charge in [0.1, 0.15) is 10.7 Å². The molecular formula is C16H17ClN4O4S. The first-order valence-corrected chi connectivity index (χ1v) is 9.56. The average Bonchev–Trinajstić information content (AvgIpc) is 3.17. The van der Waals surface area contributed by atoms with E-state index in [0.717, 1.165) is 0 Å². The second-order valence-electron chi connectivity index (χ2n) is 6.67. The number of aromatic nitrogens is 3. The molecule has 3 aromatic rings. The van der Waals surface area contributed by atoms with Crippen molar-refractivity contribution in [2.45, 2.75) is 37.6 Å². The number of sulfonamides is 1. The second-order valence-corrected chi connectivity index (χ2v) is 8.73. The van der Waals surface area contributed by atoms with E-state index in [-0.39, 0.29) is 15.8 Å². The van der Waals surface area contributed by atoms with Gasteiger partial charge in [-0.15, -0.1) is 0 Å². The predicted octanol–water partition coefficient (Wildman–Crippen LogP) is 3.05. The van der Waals surface area contributed by atoms with Gasteiger partial charge in [-0.1, -0.05) is 21.9 Å². The highest BCUT2D eigenvalue weighted by Crippen LogP contribution is 2.28. The molecule has 0 fully saturated rings. The van der Waals surface area contributed by atoms with Crippen LogP contribution in [0.1, 0.15) is 32.4 Å². The van der Waals surface area contributed by atoms with Crippen LogP contribution in [0.5, 0.6) is 0 Å². The van der Waals surface area contributed by atoms with Crippen LogP contribution in [-0.2, 0) is 16.4 Å². The first-order chi connectivity index (χ1) is 12.1. The van der Waals surface area contributed by atoms with Gasteiger partial charge in [-0.2, -0.15) is 4.98 Å². The van der Waals surface area contributed by atoms with Crippen LogP contribution in [0.15, 0.2) is 44.4 Å². The zero-order valence-corrected chi connectivity index (χ0v) is 15.9. The third-order valence-corrected chi connectivity index (χ3v) is 5.44. The lowest BCUT2D eigenvalue weighted by molar-refractivity contribution is 0.382. The van der Waals surface area contributed by atoms with Gasteiger partial charge < -0.3 is 9.05 Å². The van der Waals surface area contributed by atoms with Crippen LogP contribution in [0.3, 0.4) is 0 Å². The number of nitrogens with zero attached hydrogens (tertiary/aromatic N) is 3. The Hall–Kier alpha value is -2.23. The summed E-state index contributed by atoms with van der Waals surface area (Å²) in [6, 6.07) is 6.20. The maximum atomic E-state index is 12.6. The Balaban J connectivity index is 1.92. The third kappa shape index (κ3) is 4.29. The third-order valence-electron chi connectivity index (χ3n) is 3.20. The van der Waals surface area contributed by atoms with E-state index in [0.29, 0.717) is 23.6 Å². The Labute approximate surface area is 155 Å². The van der Waals surface area contributed by atoms with Crippen molar-refractivity contribution in [2.75, 3.05) is 0 Å². The Bertz CT molecular complexity index is 1010. The molecule has 138 valence electrons. The highest BCUT2D eigenvalue weighted by atomic mass is 35.5. The summed E-state index contributed by atoms with van der Waals surface area (Å²) in [7, 11) is -3.81. The fourth-order valence-electron chi connectivity index (χ4n) is 2.23. The van der Waals surface area contributed by atoms with Crippen molar-refractivity contribution in [1.82, 2.24) is 20.0 Å². The van der Waals surface area contributed by atoms with E-state index >= 15 is 0 Å².